The molecule has 4 aliphatic rings. The van der Waals surface area contributed by atoms with Crippen molar-refractivity contribution in [2.45, 2.75) is 94.6 Å². The Bertz CT molecular complexity index is 6370. The van der Waals surface area contributed by atoms with E-state index in [0.29, 0.717) is 133 Å². The summed E-state index contributed by atoms with van der Waals surface area (Å²) in [5.74, 6) is 7.96. The molecule has 4 aliphatic heterocycles. The van der Waals surface area contributed by atoms with Gasteiger partial charge in [0.05, 0.1) is 31.5 Å². The van der Waals surface area contributed by atoms with Gasteiger partial charge < -0.3 is 57.8 Å². The quantitative estimate of drug-likeness (QED) is 0.0182. The number of nitrogens with zero attached hydrogens (tertiary/aromatic N) is 4. The molecule has 30 heteroatoms. The molecule has 4 N–H and O–H groups in total. The normalized spacial score (nSPS) is 15.6. The molecule has 18 rings (SSSR count). The van der Waals surface area contributed by atoms with Crippen molar-refractivity contribution in [2.75, 3.05) is 82.7 Å². The second-order valence-electron chi connectivity index (χ2n) is 31.6. The van der Waals surface area contributed by atoms with E-state index in [0.717, 1.165) is 160 Å². The van der Waals surface area contributed by atoms with E-state index in [2.05, 4.69) is 25.9 Å². The van der Waals surface area contributed by atoms with Crippen molar-refractivity contribution in [3.05, 3.63) is 322 Å². The first kappa shape index (κ1) is 95.7. The van der Waals surface area contributed by atoms with Crippen molar-refractivity contribution >= 4 is 184 Å². The second-order valence-corrected chi connectivity index (χ2v) is 35.9. The van der Waals surface area contributed by atoms with E-state index in [4.69, 9.17) is 160 Å². The number of hydrogen-bond acceptors (Lipinski definition) is 12. The Morgan fingerprint density at radius 2 is 0.689 bits per heavy atom. The number of halogens is 10. The minimum Gasteiger partial charge on any atom is -0.494 e. The molecule has 0 fully saturated rings. The topological polar surface area (TPSA) is 218 Å². The third kappa shape index (κ3) is 22.9. The van der Waals surface area contributed by atoms with E-state index >= 15 is 0 Å². The van der Waals surface area contributed by atoms with Crippen molar-refractivity contribution < 1.29 is 57.1 Å². The summed E-state index contributed by atoms with van der Waals surface area (Å²) in [5, 5.41) is 7.43. The summed E-state index contributed by atoms with van der Waals surface area (Å²) in [6, 6.07) is 69.7. The Labute approximate surface area is 815 Å². The number of fused-ring (bicyclic) bond motifs is 12. The van der Waals surface area contributed by atoms with Gasteiger partial charge in [0.1, 0.15) is 53.8 Å². The summed E-state index contributed by atoms with van der Waals surface area (Å²) in [7, 11) is 0. The first-order chi connectivity index (χ1) is 64.3. The number of carbonyl (C=O) groups excluding carboxylic acids is 4. The van der Waals surface area contributed by atoms with Crippen LogP contribution in [0.5, 0.6) is 28.7 Å². The molecule has 132 heavy (non-hydrogen) atoms. The fourth-order valence-corrected chi connectivity index (χ4v) is 18.4. The zero-order valence-corrected chi connectivity index (χ0v) is 79.4. The summed E-state index contributed by atoms with van der Waals surface area (Å²) in [5.41, 5.74) is 16.5. The van der Waals surface area contributed by atoms with Gasteiger partial charge in [-0.05, 0) is 242 Å². The molecule has 0 saturated heterocycles. The van der Waals surface area contributed by atoms with E-state index in [9.17, 15) is 19.2 Å². The highest BCUT2D eigenvalue weighted by Gasteiger charge is 2.41. The first-order valence-corrected chi connectivity index (χ1v) is 47.8. The van der Waals surface area contributed by atoms with E-state index in [1.54, 1.807) is 50.8 Å². The predicted molar refractivity (Wildman–Crippen MR) is 527 cm³/mol. The van der Waals surface area contributed by atoms with Crippen molar-refractivity contribution in [1.29, 1.82) is 0 Å². The number of aromatic amines is 4. The summed E-state index contributed by atoms with van der Waals surface area (Å²) in [6.07, 6.45) is 9.47. The van der Waals surface area contributed by atoms with Crippen LogP contribution in [0.1, 0.15) is 130 Å². The number of hydrogen-bond donors (Lipinski definition) is 4. The number of alkyl halides is 5. The molecule has 684 valence electrons. The van der Waals surface area contributed by atoms with Crippen molar-refractivity contribution in [2.24, 2.45) is 0 Å². The molecule has 0 saturated carbocycles. The largest absolute Gasteiger partial charge is 0.494 e. The molecule has 4 aromatic heterocycles. The molecule has 0 radical (unpaired) electrons. The predicted octanol–water partition coefficient (Wildman–Crippen LogP) is 26.8. The number of H-pyrrole nitrogens is 4. The van der Waals surface area contributed by atoms with Crippen LogP contribution in [0.2, 0.25) is 25.1 Å². The van der Waals surface area contributed by atoms with Crippen LogP contribution in [0.25, 0.3) is 43.6 Å². The number of para-hydroxylation sites is 1. The van der Waals surface area contributed by atoms with E-state index < -0.39 is 23.8 Å². The lowest BCUT2D eigenvalue weighted by Gasteiger charge is -2.35. The molecule has 10 aromatic carbocycles. The number of amides is 4. The van der Waals surface area contributed by atoms with Crippen LogP contribution < -0.4 is 23.7 Å². The lowest BCUT2D eigenvalue weighted by molar-refractivity contribution is 0.0823. The van der Waals surface area contributed by atoms with Gasteiger partial charge in [0.25, 0.3) is 0 Å². The molecule has 8 heterocycles. The highest BCUT2D eigenvalue weighted by atomic mass is 35.5. The van der Waals surface area contributed by atoms with Crippen molar-refractivity contribution in [1.82, 2.24) is 39.5 Å². The molecule has 0 aliphatic carbocycles. The zero-order valence-electron chi connectivity index (χ0n) is 71.8. The Morgan fingerprint density at radius 1 is 0.386 bits per heavy atom. The van der Waals surface area contributed by atoms with Crippen LogP contribution in [0.3, 0.4) is 0 Å². The molecule has 14 aromatic rings. The fraction of sp³-hybridized carbons (Fsp3) is 0.275. The Balaban J connectivity index is 0.000000135. The summed E-state index contributed by atoms with van der Waals surface area (Å²) >= 11 is 60.2. The fourth-order valence-electron chi connectivity index (χ4n) is 17.1. The lowest BCUT2D eigenvalue weighted by Crippen LogP contribution is -2.42. The standard InChI is InChI=1S/C28H26Cl2N2O3.C27H23Cl3N2O3.C24H22Cl2N2O3.C23H23Cl3N2O3/c29-14-4-16-34-22-10-7-20(8-11-22)27-26-23(24-17-21(30)9-12-25(24)31-26)13-15-32(27)28(33)35-18-19-5-2-1-3-6-19;28-13-3-15-34-19-9-6-17(7-10-19)26-25-20(21-16-18(29)8-11-23(21)31-25)12-14-32(26)27(33)35-24-5-2-1-4-22(24)30;1-2-13-31-24(29)28-12-10-19-20-15-17(26)6-9-21(20)27-22(19)23(28)16-4-7-18(8-5-16)30-14-3-11-25;1-14(25)31-23(29)28-11-9-18-19-13-16(26)5-8-20(19)27-21(18)22(28)15-3-6-17(7-4-15)30-12-2-10-24/h1-3,5-12,17,27,31H,4,13-16,18H2;1-2,4-11,16,26,31H,3,12-15H2;1,4-9,15,23,27H,3,10-14H2;3-8,13-14,22,27H,2,9-12H2,1H3. The SMILES string of the molecule is C#CCOC(=O)N1CCc2c([nH]c3ccc(Cl)cc23)C1c1ccc(OCCCCl)cc1.CC(Cl)OC(=O)N1CCc2c([nH]c3ccc(Cl)cc23)C1c1ccc(OCCCCl)cc1.O=C(OCc1ccccc1)N1CCc2c([nH]c3ccc(Cl)cc23)C1c1ccc(OCCCCl)cc1.O=C(Oc1ccccc1Cl)N1CCc2c([nH]c3ccc(Cl)cc23)C1c1ccc(OCCCCl)cc1. The maximum atomic E-state index is 13.4. The zero-order chi connectivity index (χ0) is 92.3. The van der Waals surface area contributed by atoms with Gasteiger partial charge in [0.15, 0.2) is 17.9 Å². The van der Waals surface area contributed by atoms with E-state index in [-0.39, 0.29) is 43.5 Å². The molecule has 5 atom stereocenters. The molecule has 0 spiro atoms. The summed E-state index contributed by atoms with van der Waals surface area (Å²) < 4.78 is 45.0. The van der Waals surface area contributed by atoms with Crippen LogP contribution in [0.4, 0.5) is 19.2 Å². The van der Waals surface area contributed by atoms with Gasteiger partial charge in [-0.2, -0.15) is 0 Å². The molecular weight excluding hydrogens is 1880 g/mol. The minimum atomic E-state index is -0.714. The third-order valence-electron chi connectivity index (χ3n) is 23.0. The monoisotopic (exact) mass is 1970 g/mol. The second kappa shape index (κ2) is 45.7. The maximum absolute atomic E-state index is 13.4. The maximum Gasteiger partial charge on any atom is 0.416 e. The Morgan fingerprint density at radius 3 is 1.00 bits per heavy atom. The molecular formula is C102H94Cl10N8O12. The van der Waals surface area contributed by atoms with Crippen LogP contribution in [-0.4, -0.2) is 152 Å². The molecule has 0 bridgehead atoms. The molecule has 4 amide bonds. The van der Waals surface area contributed by atoms with Crippen LogP contribution in [0.15, 0.2) is 224 Å². The van der Waals surface area contributed by atoms with Gasteiger partial charge in [0, 0.05) is 136 Å². The first-order valence-electron chi connectivity index (χ1n) is 43.3. The van der Waals surface area contributed by atoms with Crippen LogP contribution in [0, 0.1) is 12.3 Å². The highest BCUT2D eigenvalue weighted by molar-refractivity contribution is 6.33. The van der Waals surface area contributed by atoms with Crippen LogP contribution >= 0.6 is 116 Å². The number of rotatable bonds is 25. The average molecular weight is 1980 g/mol. The van der Waals surface area contributed by atoms with Gasteiger partial charge in [-0.15, -0.1) is 52.8 Å². The molecule has 20 nitrogen and oxygen atoms in total. The summed E-state index contributed by atoms with van der Waals surface area (Å²) in [6.45, 7) is 6.06. The van der Waals surface area contributed by atoms with Crippen molar-refractivity contribution in [3.63, 3.8) is 0 Å². The number of ether oxygens (including phenoxy) is 8. The smallest absolute Gasteiger partial charge is 0.416 e. The third-order valence-corrected chi connectivity index (χ3v) is 25.5. The van der Waals surface area contributed by atoms with Gasteiger partial charge >= 0.3 is 24.4 Å². The lowest BCUT2D eigenvalue weighted by atomic mass is 9.92. The number of benzene rings is 10. The number of terminal acetylenes is 1. The minimum absolute atomic E-state index is 0.0649. The van der Waals surface area contributed by atoms with E-state index in [1.807, 2.05) is 200 Å². The molecule has 5 unspecified atom stereocenters. The van der Waals surface area contributed by atoms with Gasteiger partial charge in [-0.25, -0.2) is 19.2 Å². The van der Waals surface area contributed by atoms with E-state index in [1.165, 1.54) is 5.56 Å². The van der Waals surface area contributed by atoms with Gasteiger partial charge in [0.2, 0.25) is 0 Å². The van der Waals surface area contributed by atoms with Gasteiger partial charge in [-0.1, -0.05) is 167 Å². The van der Waals surface area contributed by atoms with Crippen LogP contribution in [-0.2, 0) is 46.5 Å². The number of carbonyl (C=O) groups is 4. The Hall–Kier alpha value is -10.9. The average Bonchev–Trinajstić information content (AvgIpc) is 1.61. The number of nitrogens with one attached hydrogen (secondary N) is 4. The highest BCUT2D eigenvalue weighted by Crippen LogP contribution is 2.46. The Kier molecular flexibility index (Phi) is 33.1. The van der Waals surface area contributed by atoms with Crippen molar-refractivity contribution in [3.8, 4) is 41.1 Å². The van der Waals surface area contributed by atoms with Gasteiger partial charge in [-0.3, -0.25) is 19.6 Å². The number of aromatic nitrogens is 4. The summed E-state index contributed by atoms with van der Waals surface area (Å²) in [4.78, 5) is 73.4.